The van der Waals surface area contributed by atoms with E-state index in [0.717, 1.165) is 40.8 Å². The van der Waals surface area contributed by atoms with Gasteiger partial charge in [-0.05, 0) is 85.4 Å². The molecule has 0 saturated heterocycles. The molecule has 2 aromatic rings. The maximum Gasteiger partial charge on any atom is 0.328 e. The molecular weight excluding hydrogens is 534 g/mol. The lowest BCUT2D eigenvalue weighted by Crippen LogP contribution is -2.42. The molecule has 0 aliphatic heterocycles. The molecule has 1 fully saturated rings. The van der Waals surface area contributed by atoms with Crippen LogP contribution in [0.2, 0.25) is 0 Å². The van der Waals surface area contributed by atoms with Crippen LogP contribution in [0, 0.1) is 12.8 Å². The van der Waals surface area contributed by atoms with E-state index in [1.807, 2.05) is 49.6 Å². The van der Waals surface area contributed by atoms with E-state index in [0.29, 0.717) is 31.1 Å². The van der Waals surface area contributed by atoms with Gasteiger partial charge in [0.05, 0.1) is 32.5 Å². The standard InChI is InChI=1S/C34H49NO5S/c1-6-25(3)39-23-28(20-26-13-8-7-9-14-26)40-22-27-16-17-30(31(21-27)29-15-11-10-12-24(29)2)33(36)35-32(18-19-41-5)34(37)38-4/h10-12,15-17,21,25-26,28,32H,6-9,13-14,18-20,22-23H2,1-5H3,(H,35,36)/t25?,28?,32-/m0/s1. The average Bonchev–Trinajstić information content (AvgIpc) is 3.00. The number of carbonyl (C=O) groups is 2. The maximum atomic E-state index is 13.5. The molecule has 0 spiro atoms. The van der Waals surface area contributed by atoms with Gasteiger partial charge in [0.2, 0.25) is 0 Å². The SMILES string of the molecule is CCC(C)OCC(CC1CCCCC1)OCc1ccc(C(=O)N[C@@H](CCSC)C(=O)OC)c(-c2ccccc2C)c1. The van der Waals surface area contributed by atoms with Gasteiger partial charge in [0.1, 0.15) is 6.04 Å². The van der Waals surface area contributed by atoms with Crippen molar-refractivity contribution in [3.63, 3.8) is 0 Å². The van der Waals surface area contributed by atoms with Crippen LogP contribution < -0.4 is 5.32 Å². The lowest BCUT2D eigenvalue weighted by molar-refractivity contribution is -0.142. The number of amides is 1. The molecule has 1 amide bonds. The summed E-state index contributed by atoms with van der Waals surface area (Å²) in [6, 6.07) is 13.2. The summed E-state index contributed by atoms with van der Waals surface area (Å²) < 4.78 is 17.6. The van der Waals surface area contributed by atoms with Crippen molar-refractivity contribution in [2.75, 3.05) is 25.7 Å². The number of hydrogen-bond donors (Lipinski definition) is 1. The minimum Gasteiger partial charge on any atom is -0.467 e. The van der Waals surface area contributed by atoms with Crippen molar-refractivity contribution in [2.45, 2.75) is 97.0 Å². The number of ether oxygens (including phenoxy) is 3. The zero-order valence-corrected chi connectivity index (χ0v) is 26.4. The van der Waals surface area contributed by atoms with E-state index in [4.69, 9.17) is 14.2 Å². The molecular formula is C34H49NO5S. The Labute approximate surface area is 251 Å². The first kappa shape index (κ1) is 33.2. The van der Waals surface area contributed by atoms with Gasteiger partial charge >= 0.3 is 5.97 Å². The van der Waals surface area contributed by atoms with E-state index < -0.39 is 12.0 Å². The van der Waals surface area contributed by atoms with Crippen molar-refractivity contribution < 1.29 is 23.8 Å². The summed E-state index contributed by atoms with van der Waals surface area (Å²) in [7, 11) is 1.35. The van der Waals surface area contributed by atoms with Gasteiger partial charge in [-0.25, -0.2) is 4.79 Å². The Morgan fingerprint density at radius 1 is 1.05 bits per heavy atom. The average molecular weight is 584 g/mol. The number of hydrogen-bond acceptors (Lipinski definition) is 6. The number of nitrogens with one attached hydrogen (secondary N) is 1. The molecule has 1 aliphatic carbocycles. The third kappa shape index (κ3) is 10.5. The van der Waals surface area contributed by atoms with Crippen LogP contribution in [0.5, 0.6) is 0 Å². The Morgan fingerprint density at radius 2 is 1.80 bits per heavy atom. The molecule has 0 aromatic heterocycles. The van der Waals surface area contributed by atoms with Crippen LogP contribution in [0.15, 0.2) is 42.5 Å². The van der Waals surface area contributed by atoms with E-state index >= 15 is 0 Å². The second kappa shape index (κ2) is 17.6. The molecule has 0 bridgehead atoms. The Morgan fingerprint density at radius 3 is 2.49 bits per heavy atom. The first-order valence-corrected chi connectivity index (χ1v) is 16.5. The summed E-state index contributed by atoms with van der Waals surface area (Å²) in [5.41, 5.74) is 4.42. The van der Waals surface area contributed by atoms with E-state index in [2.05, 4.69) is 25.2 Å². The normalized spacial score (nSPS) is 16.1. The molecule has 0 radical (unpaired) electrons. The maximum absolute atomic E-state index is 13.5. The minimum absolute atomic E-state index is 0.0363. The zero-order chi connectivity index (χ0) is 29.6. The lowest BCUT2D eigenvalue weighted by atomic mass is 9.85. The summed E-state index contributed by atoms with van der Waals surface area (Å²) in [4.78, 5) is 25.9. The predicted molar refractivity (Wildman–Crippen MR) is 168 cm³/mol. The van der Waals surface area contributed by atoms with E-state index in [-0.39, 0.29) is 18.1 Å². The first-order chi connectivity index (χ1) is 19.9. The van der Waals surface area contributed by atoms with Gasteiger partial charge in [-0.2, -0.15) is 11.8 Å². The molecule has 3 atom stereocenters. The molecule has 2 unspecified atom stereocenters. The number of thioether (sulfide) groups is 1. The molecule has 0 heterocycles. The van der Waals surface area contributed by atoms with Crippen molar-refractivity contribution in [2.24, 2.45) is 5.92 Å². The van der Waals surface area contributed by atoms with Crippen LogP contribution in [0.1, 0.15) is 86.7 Å². The second-order valence-corrected chi connectivity index (χ2v) is 12.2. The number of aryl methyl sites for hydroxylation is 1. The largest absolute Gasteiger partial charge is 0.467 e. The Bertz CT molecular complexity index is 1100. The Balaban J connectivity index is 1.83. The molecule has 1 saturated carbocycles. The summed E-state index contributed by atoms with van der Waals surface area (Å²) in [6.07, 6.45) is 11.2. The van der Waals surface area contributed by atoms with Gasteiger partial charge in [0.15, 0.2) is 0 Å². The van der Waals surface area contributed by atoms with Gasteiger partial charge in [0, 0.05) is 5.56 Å². The number of esters is 1. The summed E-state index contributed by atoms with van der Waals surface area (Å²) >= 11 is 1.63. The third-order valence-electron chi connectivity index (χ3n) is 8.11. The van der Waals surface area contributed by atoms with Crippen molar-refractivity contribution >= 4 is 23.6 Å². The fraction of sp³-hybridized carbons (Fsp3) is 0.588. The van der Waals surface area contributed by atoms with Crippen molar-refractivity contribution in [3.05, 3.63) is 59.2 Å². The van der Waals surface area contributed by atoms with Gasteiger partial charge in [0.25, 0.3) is 5.91 Å². The Hall–Kier alpha value is -2.35. The highest BCUT2D eigenvalue weighted by atomic mass is 32.2. The molecule has 3 rings (SSSR count). The predicted octanol–water partition coefficient (Wildman–Crippen LogP) is 7.36. The lowest BCUT2D eigenvalue weighted by Gasteiger charge is -2.27. The molecule has 2 aromatic carbocycles. The zero-order valence-electron chi connectivity index (χ0n) is 25.6. The van der Waals surface area contributed by atoms with E-state index in [1.54, 1.807) is 11.8 Å². The summed E-state index contributed by atoms with van der Waals surface area (Å²) in [5.74, 6) is 0.712. The number of methoxy groups -OCH3 is 1. The molecule has 6 nitrogen and oxygen atoms in total. The Kier molecular flexibility index (Phi) is 14.2. The minimum atomic E-state index is -0.696. The van der Waals surface area contributed by atoms with Crippen LogP contribution in [0.25, 0.3) is 11.1 Å². The third-order valence-corrected chi connectivity index (χ3v) is 8.76. The first-order valence-electron chi connectivity index (χ1n) is 15.2. The fourth-order valence-corrected chi connectivity index (χ4v) is 5.89. The van der Waals surface area contributed by atoms with Crippen LogP contribution in [0.3, 0.4) is 0 Å². The van der Waals surface area contributed by atoms with Gasteiger partial charge in [-0.3, -0.25) is 4.79 Å². The topological polar surface area (TPSA) is 73.9 Å². The molecule has 1 aliphatic rings. The highest BCUT2D eigenvalue weighted by Gasteiger charge is 2.25. The molecule has 7 heteroatoms. The van der Waals surface area contributed by atoms with E-state index in [9.17, 15) is 9.59 Å². The fourth-order valence-electron chi connectivity index (χ4n) is 5.42. The second-order valence-electron chi connectivity index (χ2n) is 11.3. The van der Waals surface area contributed by atoms with Crippen LogP contribution in [-0.4, -0.2) is 55.9 Å². The number of carbonyl (C=O) groups excluding carboxylic acids is 2. The van der Waals surface area contributed by atoms with Crippen LogP contribution in [0.4, 0.5) is 0 Å². The van der Waals surface area contributed by atoms with Crippen molar-refractivity contribution in [3.8, 4) is 11.1 Å². The molecule has 1 N–H and O–H groups in total. The van der Waals surface area contributed by atoms with Crippen LogP contribution in [-0.2, 0) is 25.6 Å². The van der Waals surface area contributed by atoms with Crippen molar-refractivity contribution in [1.82, 2.24) is 5.32 Å². The highest BCUT2D eigenvalue weighted by Crippen LogP contribution is 2.31. The van der Waals surface area contributed by atoms with Crippen LogP contribution >= 0.6 is 11.8 Å². The molecule has 41 heavy (non-hydrogen) atoms. The van der Waals surface area contributed by atoms with Gasteiger partial charge in [-0.15, -0.1) is 0 Å². The van der Waals surface area contributed by atoms with Gasteiger partial charge < -0.3 is 19.5 Å². The van der Waals surface area contributed by atoms with Gasteiger partial charge in [-0.1, -0.05) is 69.4 Å². The molecule has 226 valence electrons. The summed E-state index contributed by atoms with van der Waals surface area (Å²) in [6.45, 7) is 7.34. The number of benzene rings is 2. The number of rotatable bonds is 16. The summed E-state index contributed by atoms with van der Waals surface area (Å²) in [5, 5.41) is 2.92. The smallest absolute Gasteiger partial charge is 0.328 e. The quantitative estimate of drug-likeness (QED) is 0.208. The van der Waals surface area contributed by atoms with Crippen molar-refractivity contribution in [1.29, 1.82) is 0 Å². The highest BCUT2D eigenvalue weighted by molar-refractivity contribution is 7.98. The monoisotopic (exact) mass is 583 g/mol. The van der Waals surface area contributed by atoms with E-state index in [1.165, 1.54) is 39.2 Å².